The van der Waals surface area contributed by atoms with Crippen molar-refractivity contribution in [2.45, 2.75) is 20.8 Å². The first-order chi connectivity index (χ1) is 6.02. The van der Waals surface area contributed by atoms with Crippen molar-refractivity contribution in [1.82, 2.24) is 0 Å². The molecule has 68 valence electrons. The molecule has 1 rings (SSSR count). The van der Waals surface area contributed by atoms with Gasteiger partial charge in [0.2, 0.25) is 0 Å². The lowest BCUT2D eigenvalue weighted by Gasteiger charge is -2.00. The number of allylic oxidation sites excluding steroid dienone is 1. The molecule has 0 N–H and O–H groups in total. The fourth-order valence-corrected chi connectivity index (χ4v) is 1.27. The number of benzene rings is 1. The Labute approximate surface area is 79.9 Å². The Hall–Kier alpha value is -1.30. The molecule has 0 spiro atoms. The van der Waals surface area contributed by atoms with Gasteiger partial charge < -0.3 is 0 Å². The Bertz CT molecular complexity index is 436. The van der Waals surface area contributed by atoms with Gasteiger partial charge in [0, 0.05) is 0 Å². The van der Waals surface area contributed by atoms with Crippen LogP contribution < -0.4 is 10.4 Å². The number of aryl methyl sites for hydroxylation is 1. The van der Waals surface area contributed by atoms with E-state index in [4.69, 9.17) is 0 Å². The molecule has 0 atom stereocenters. The topological polar surface area (TPSA) is 0 Å². The summed E-state index contributed by atoms with van der Waals surface area (Å²) in [5.74, 6) is 0. The largest absolute Gasteiger partial charge is 0.0958 e. The first kappa shape index (κ1) is 9.79. The summed E-state index contributed by atoms with van der Waals surface area (Å²) in [6.45, 7) is 14.1. The van der Waals surface area contributed by atoms with Gasteiger partial charge >= 0.3 is 0 Å². The normalized spacial score (nSPS) is 12.5. The van der Waals surface area contributed by atoms with Crippen LogP contribution in [0.1, 0.15) is 19.4 Å². The summed E-state index contributed by atoms with van der Waals surface area (Å²) in [6, 6.07) is 6.29. The van der Waals surface area contributed by atoms with Crippen molar-refractivity contribution in [3.63, 3.8) is 0 Å². The predicted molar refractivity (Wildman–Crippen MR) is 59.8 cm³/mol. The van der Waals surface area contributed by atoms with Gasteiger partial charge in [-0.25, -0.2) is 0 Å². The van der Waals surface area contributed by atoms with Crippen LogP contribution in [0.25, 0.3) is 12.2 Å². The van der Waals surface area contributed by atoms with Gasteiger partial charge in [0.05, 0.1) is 0 Å². The van der Waals surface area contributed by atoms with Gasteiger partial charge in [0.1, 0.15) is 0 Å². The third-order valence-corrected chi connectivity index (χ3v) is 2.31. The van der Waals surface area contributed by atoms with Crippen molar-refractivity contribution in [2.24, 2.45) is 0 Å². The third-order valence-electron chi connectivity index (χ3n) is 2.31. The molecular formula is C13H16. The van der Waals surface area contributed by atoms with E-state index in [0.717, 1.165) is 10.8 Å². The maximum atomic E-state index is 4.00. The Kier molecular flexibility index (Phi) is 2.72. The third kappa shape index (κ3) is 2.09. The summed E-state index contributed by atoms with van der Waals surface area (Å²) < 4.78 is 0. The van der Waals surface area contributed by atoms with Crippen LogP contribution in [0.15, 0.2) is 30.4 Å². The molecule has 0 heteroatoms. The molecule has 0 aliphatic heterocycles. The van der Waals surface area contributed by atoms with Crippen molar-refractivity contribution < 1.29 is 0 Å². The molecule has 0 nitrogen and oxygen atoms in total. The summed E-state index contributed by atoms with van der Waals surface area (Å²) in [4.78, 5) is 0. The first-order valence-electron chi connectivity index (χ1n) is 4.45. The molecule has 1 aromatic rings. The lowest BCUT2D eigenvalue weighted by molar-refractivity contribution is 1.36. The number of rotatable bonds is 1. The quantitative estimate of drug-likeness (QED) is 0.609. The van der Waals surface area contributed by atoms with E-state index in [9.17, 15) is 0 Å². The van der Waals surface area contributed by atoms with E-state index in [0.29, 0.717) is 0 Å². The second-order valence-corrected chi connectivity index (χ2v) is 3.57. The van der Waals surface area contributed by atoms with Crippen molar-refractivity contribution >= 4 is 12.2 Å². The molecule has 0 aliphatic rings. The average molecular weight is 172 g/mol. The van der Waals surface area contributed by atoms with Gasteiger partial charge in [-0.3, -0.25) is 0 Å². The summed E-state index contributed by atoms with van der Waals surface area (Å²) in [6.07, 6.45) is 0. The van der Waals surface area contributed by atoms with Crippen LogP contribution in [-0.4, -0.2) is 0 Å². The van der Waals surface area contributed by atoms with E-state index in [1.165, 1.54) is 16.4 Å². The fourth-order valence-electron chi connectivity index (χ4n) is 1.27. The maximum absolute atomic E-state index is 4.00. The molecule has 0 aliphatic carbocycles. The van der Waals surface area contributed by atoms with Crippen molar-refractivity contribution in [1.29, 1.82) is 0 Å². The minimum atomic E-state index is 1.08. The second kappa shape index (κ2) is 3.61. The highest BCUT2D eigenvalue weighted by Gasteiger charge is 1.93. The average Bonchev–Trinajstić information content (AvgIpc) is 2.08. The summed E-state index contributed by atoms with van der Waals surface area (Å²) in [7, 11) is 0. The summed E-state index contributed by atoms with van der Waals surface area (Å²) in [5.41, 5.74) is 3.60. The minimum absolute atomic E-state index is 1.08. The van der Waals surface area contributed by atoms with Gasteiger partial charge in [-0.15, -0.1) is 0 Å². The molecule has 0 unspecified atom stereocenters. The zero-order chi connectivity index (χ0) is 10.0. The standard InChI is InChI=1S/C13H16/c1-9(2)12(5)13-8-10(3)6-7-11(13)4/h6-8H,1,4H2,2-3,5H3/b13-12+. The van der Waals surface area contributed by atoms with Gasteiger partial charge in [-0.1, -0.05) is 42.5 Å². The van der Waals surface area contributed by atoms with Crippen molar-refractivity contribution in [3.05, 3.63) is 46.4 Å². The molecule has 13 heavy (non-hydrogen) atoms. The van der Waals surface area contributed by atoms with E-state index in [1.807, 2.05) is 6.92 Å². The van der Waals surface area contributed by atoms with Gasteiger partial charge in [-0.05, 0) is 36.8 Å². The molecule has 0 bridgehead atoms. The first-order valence-corrected chi connectivity index (χ1v) is 4.45. The van der Waals surface area contributed by atoms with E-state index in [-0.39, 0.29) is 0 Å². The van der Waals surface area contributed by atoms with Crippen LogP contribution in [0, 0.1) is 6.92 Å². The predicted octanol–water partition coefficient (Wildman–Crippen LogP) is 2.15. The van der Waals surface area contributed by atoms with Crippen LogP contribution >= 0.6 is 0 Å². The second-order valence-electron chi connectivity index (χ2n) is 3.57. The van der Waals surface area contributed by atoms with Crippen LogP contribution in [0.2, 0.25) is 0 Å². The zero-order valence-electron chi connectivity index (χ0n) is 8.65. The van der Waals surface area contributed by atoms with Crippen LogP contribution in [-0.2, 0) is 0 Å². The molecular weight excluding hydrogens is 156 g/mol. The van der Waals surface area contributed by atoms with Crippen LogP contribution in [0.5, 0.6) is 0 Å². The van der Waals surface area contributed by atoms with Gasteiger partial charge in [-0.2, -0.15) is 0 Å². The Balaban J connectivity index is 3.62. The highest BCUT2D eigenvalue weighted by atomic mass is 14.0. The highest BCUT2D eigenvalue weighted by molar-refractivity contribution is 5.60. The van der Waals surface area contributed by atoms with E-state index in [2.05, 4.69) is 45.2 Å². The number of hydrogen-bond acceptors (Lipinski definition) is 0. The zero-order valence-corrected chi connectivity index (χ0v) is 8.65. The molecule has 0 saturated heterocycles. The minimum Gasteiger partial charge on any atom is -0.0958 e. The number of hydrogen-bond donors (Lipinski definition) is 0. The molecule has 0 heterocycles. The van der Waals surface area contributed by atoms with E-state index >= 15 is 0 Å². The molecule has 0 radical (unpaired) electrons. The van der Waals surface area contributed by atoms with Crippen LogP contribution in [0.4, 0.5) is 0 Å². The highest BCUT2D eigenvalue weighted by Crippen LogP contribution is 2.02. The van der Waals surface area contributed by atoms with Crippen molar-refractivity contribution in [2.75, 3.05) is 0 Å². The summed E-state index contributed by atoms with van der Waals surface area (Å²) >= 11 is 0. The SMILES string of the molecule is C=C(C)/C(C)=c1\cc(C)ccc1=C. The van der Waals surface area contributed by atoms with Gasteiger partial charge in [0.15, 0.2) is 0 Å². The van der Waals surface area contributed by atoms with E-state index < -0.39 is 0 Å². The van der Waals surface area contributed by atoms with E-state index in [1.54, 1.807) is 0 Å². The lowest BCUT2D eigenvalue weighted by Crippen LogP contribution is -2.25. The smallest absolute Gasteiger partial charge is 0.0156 e. The maximum Gasteiger partial charge on any atom is -0.0156 e. The monoisotopic (exact) mass is 172 g/mol. The Morgan fingerprint density at radius 3 is 2.38 bits per heavy atom. The summed E-state index contributed by atoms with van der Waals surface area (Å²) in [5, 5.41) is 2.29. The fraction of sp³-hybridized carbons (Fsp3) is 0.231. The Morgan fingerprint density at radius 1 is 1.23 bits per heavy atom. The lowest BCUT2D eigenvalue weighted by atomic mass is 10.1. The molecule has 0 saturated carbocycles. The van der Waals surface area contributed by atoms with Gasteiger partial charge in [0.25, 0.3) is 0 Å². The molecule has 0 amide bonds. The molecule has 0 fully saturated rings. The van der Waals surface area contributed by atoms with Crippen molar-refractivity contribution in [3.8, 4) is 0 Å². The van der Waals surface area contributed by atoms with Crippen LogP contribution in [0.3, 0.4) is 0 Å². The Morgan fingerprint density at radius 2 is 1.85 bits per heavy atom. The molecule has 0 aromatic heterocycles. The molecule has 1 aromatic carbocycles.